The zero-order valence-electron chi connectivity index (χ0n) is 10.7. The Balaban J connectivity index is 2.13. The quantitative estimate of drug-likeness (QED) is 0.831. The molecule has 0 heterocycles. The summed E-state index contributed by atoms with van der Waals surface area (Å²) in [5.74, 6) is 0.0781. The van der Waals surface area contributed by atoms with Gasteiger partial charge in [0, 0.05) is 18.2 Å². The number of nitrogens with zero attached hydrogens (tertiary/aromatic N) is 1. The average molecular weight is 267 g/mol. The van der Waals surface area contributed by atoms with Gasteiger partial charge in [-0.3, -0.25) is 4.79 Å². The molecule has 0 saturated heterocycles. The van der Waals surface area contributed by atoms with Crippen LogP contribution in [-0.2, 0) is 0 Å². The van der Waals surface area contributed by atoms with Gasteiger partial charge in [0.15, 0.2) is 0 Å². The lowest BCUT2D eigenvalue weighted by atomic mass is 10.1. The van der Waals surface area contributed by atoms with Crippen LogP contribution in [0.15, 0.2) is 18.2 Å². The molecule has 3 nitrogen and oxygen atoms in total. The first-order valence-corrected chi connectivity index (χ1v) is 6.87. The average Bonchev–Trinajstić information content (AvgIpc) is 3.17. The monoisotopic (exact) mass is 266 g/mol. The van der Waals surface area contributed by atoms with Crippen LogP contribution in [0.3, 0.4) is 0 Å². The van der Waals surface area contributed by atoms with Gasteiger partial charge in [-0.05, 0) is 37.5 Å². The number of benzene rings is 1. The maximum absolute atomic E-state index is 12.4. The zero-order valence-corrected chi connectivity index (χ0v) is 11.4. The van der Waals surface area contributed by atoms with Crippen LogP contribution >= 0.6 is 11.6 Å². The molecule has 0 unspecified atom stereocenters. The molecule has 0 spiro atoms. The van der Waals surface area contributed by atoms with Gasteiger partial charge in [0.05, 0.1) is 10.7 Å². The number of hydrogen-bond acceptors (Lipinski definition) is 2. The third-order valence-corrected chi connectivity index (χ3v) is 3.59. The molecule has 4 heteroatoms. The summed E-state index contributed by atoms with van der Waals surface area (Å²) in [5.41, 5.74) is 6.85. The fraction of sp³-hybridized carbons (Fsp3) is 0.500. The highest BCUT2D eigenvalue weighted by Gasteiger charge is 2.32. The molecular weight excluding hydrogens is 248 g/mol. The standard InChI is InChI=1S/C14H19ClN2O/c1-2-3-8-17(11-5-6-11)14(18)10-4-7-12(15)13(16)9-10/h4,7,9,11H,2-3,5-6,8,16H2,1H3. The SMILES string of the molecule is CCCCN(C(=O)c1ccc(Cl)c(N)c1)C1CC1. The minimum atomic E-state index is 0.0781. The largest absolute Gasteiger partial charge is 0.398 e. The topological polar surface area (TPSA) is 46.3 Å². The number of carbonyl (C=O) groups is 1. The number of nitrogens with two attached hydrogens (primary N) is 1. The zero-order chi connectivity index (χ0) is 13.1. The second-order valence-corrected chi connectivity index (χ2v) is 5.23. The van der Waals surface area contributed by atoms with Gasteiger partial charge in [-0.1, -0.05) is 24.9 Å². The van der Waals surface area contributed by atoms with Crippen molar-refractivity contribution in [3.05, 3.63) is 28.8 Å². The second kappa shape index (κ2) is 5.61. The molecule has 0 bridgehead atoms. The van der Waals surface area contributed by atoms with Crippen molar-refractivity contribution in [2.75, 3.05) is 12.3 Å². The number of rotatable bonds is 5. The minimum absolute atomic E-state index is 0.0781. The Morgan fingerprint density at radius 2 is 2.22 bits per heavy atom. The number of hydrogen-bond donors (Lipinski definition) is 1. The Hall–Kier alpha value is -1.22. The van der Waals surface area contributed by atoms with Crippen molar-refractivity contribution >= 4 is 23.2 Å². The van der Waals surface area contributed by atoms with Gasteiger partial charge in [0.25, 0.3) is 5.91 Å². The van der Waals surface area contributed by atoms with E-state index in [1.165, 1.54) is 0 Å². The van der Waals surface area contributed by atoms with Crippen LogP contribution in [0.2, 0.25) is 5.02 Å². The summed E-state index contributed by atoms with van der Waals surface area (Å²) in [5, 5.41) is 0.498. The summed E-state index contributed by atoms with van der Waals surface area (Å²) in [6.45, 7) is 2.97. The van der Waals surface area contributed by atoms with E-state index < -0.39 is 0 Å². The van der Waals surface area contributed by atoms with Crippen LogP contribution in [0, 0.1) is 0 Å². The van der Waals surface area contributed by atoms with Crippen LogP contribution in [-0.4, -0.2) is 23.4 Å². The first-order chi connectivity index (χ1) is 8.63. The number of anilines is 1. The van der Waals surface area contributed by atoms with Crippen molar-refractivity contribution in [3.8, 4) is 0 Å². The number of carbonyl (C=O) groups excluding carboxylic acids is 1. The van der Waals surface area contributed by atoms with Crippen LogP contribution in [0.25, 0.3) is 0 Å². The van der Waals surface area contributed by atoms with Gasteiger partial charge in [0.2, 0.25) is 0 Å². The molecule has 0 aromatic heterocycles. The molecule has 1 aliphatic rings. The Bertz CT molecular complexity index is 443. The fourth-order valence-corrected chi connectivity index (χ4v) is 2.12. The minimum Gasteiger partial charge on any atom is -0.398 e. The molecule has 1 saturated carbocycles. The van der Waals surface area contributed by atoms with Crippen LogP contribution in [0.4, 0.5) is 5.69 Å². The lowest BCUT2D eigenvalue weighted by Gasteiger charge is -2.22. The molecule has 98 valence electrons. The molecule has 1 aliphatic carbocycles. The molecule has 1 aromatic rings. The summed E-state index contributed by atoms with van der Waals surface area (Å²) in [4.78, 5) is 14.4. The Morgan fingerprint density at radius 1 is 1.50 bits per heavy atom. The lowest BCUT2D eigenvalue weighted by molar-refractivity contribution is 0.0741. The van der Waals surface area contributed by atoms with E-state index in [0.29, 0.717) is 22.3 Å². The maximum Gasteiger partial charge on any atom is 0.254 e. The van der Waals surface area contributed by atoms with Crippen molar-refractivity contribution in [1.29, 1.82) is 0 Å². The van der Waals surface area contributed by atoms with E-state index in [4.69, 9.17) is 17.3 Å². The Morgan fingerprint density at radius 3 is 2.78 bits per heavy atom. The van der Waals surface area contributed by atoms with E-state index in [9.17, 15) is 4.79 Å². The summed E-state index contributed by atoms with van der Waals surface area (Å²) >= 11 is 5.87. The fourth-order valence-electron chi connectivity index (χ4n) is 2.01. The van der Waals surface area contributed by atoms with Crippen molar-refractivity contribution in [1.82, 2.24) is 4.90 Å². The number of nitrogen functional groups attached to an aromatic ring is 1. The lowest BCUT2D eigenvalue weighted by Crippen LogP contribution is -2.34. The highest BCUT2D eigenvalue weighted by Crippen LogP contribution is 2.29. The van der Waals surface area contributed by atoms with Crippen molar-refractivity contribution < 1.29 is 4.79 Å². The van der Waals surface area contributed by atoms with Crippen molar-refractivity contribution in [2.24, 2.45) is 0 Å². The van der Waals surface area contributed by atoms with E-state index in [-0.39, 0.29) is 5.91 Å². The first kappa shape index (κ1) is 13.2. The molecule has 0 aliphatic heterocycles. The van der Waals surface area contributed by atoms with E-state index >= 15 is 0 Å². The van der Waals surface area contributed by atoms with Crippen LogP contribution in [0.1, 0.15) is 43.0 Å². The highest BCUT2D eigenvalue weighted by atomic mass is 35.5. The van der Waals surface area contributed by atoms with Gasteiger partial charge in [-0.15, -0.1) is 0 Å². The molecule has 2 rings (SSSR count). The second-order valence-electron chi connectivity index (χ2n) is 4.82. The summed E-state index contributed by atoms with van der Waals surface area (Å²) in [6.07, 6.45) is 4.39. The first-order valence-electron chi connectivity index (χ1n) is 6.49. The van der Waals surface area contributed by atoms with Gasteiger partial charge < -0.3 is 10.6 Å². The summed E-state index contributed by atoms with van der Waals surface area (Å²) in [6, 6.07) is 5.55. The van der Waals surface area contributed by atoms with Gasteiger partial charge >= 0.3 is 0 Å². The van der Waals surface area contributed by atoms with Crippen LogP contribution in [0.5, 0.6) is 0 Å². The number of amides is 1. The normalized spacial score (nSPS) is 14.6. The molecule has 1 amide bonds. The van der Waals surface area contributed by atoms with Gasteiger partial charge in [-0.25, -0.2) is 0 Å². The summed E-state index contributed by atoms with van der Waals surface area (Å²) in [7, 11) is 0. The third kappa shape index (κ3) is 2.96. The maximum atomic E-state index is 12.4. The highest BCUT2D eigenvalue weighted by molar-refractivity contribution is 6.33. The molecule has 0 radical (unpaired) electrons. The number of unbranched alkanes of at least 4 members (excludes halogenated alkanes) is 1. The molecule has 0 atom stereocenters. The summed E-state index contributed by atoms with van der Waals surface area (Å²) < 4.78 is 0. The smallest absolute Gasteiger partial charge is 0.254 e. The van der Waals surface area contributed by atoms with Gasteiger partial charge in [-0.2, -0.15) is 0 Å². The predicted octanol–water partition coefficient (Wildman–Crippen LogP) is 3.33. The predicted molar refractivity (Wildman–Crippen MR) is 74.8 cm³/mol. The molecule has 1 fully saturated rings. The Kier molecular flexibility index (Phi) is 4.12. The molecule has 2 N–H and O–H groups in total. The van der Waals surface area contributed by atoms with Crippen LogP contribution < -0.4 is 5.73 Å². The van der Waals surface area contributed by atoms with E-state index in [1.807, 2.05) is 4.90 Å². The molecule has 1 aromatic carbocycles. The van der Waals surface area contributed by atoms with E-state index in [2.05, 4.69) is 6.92 Å². The van der Waals surface area contributed by atoms with Crippen molar-refractivity contribution in [2.45, 2.75) is 38.6 Å². The van der Waals surface area contributed by atoms with Gasteiger partial charge in [0.1, 0.15) is 0 Å². The number of halogens is 1. The van der Waals surface area contributed by atoms with E-state index in [1.54, 1.807) is 18.2 Å². The third-order valence-electron chi connectivity index (χ3n) is 3.24. The van der Waals surface area contributed by atoms with E-state index in [0.717, 1.165) is 32.2 Å². The molecule has 18 heavy (non-hydrogen) atoms. The molecular formula is C14H19ClN2O. The van der Waals surface area contributed by atoms with Crippen molar-refractivity contribution in [3.63, 3.8) is 0 Å². The Labute approximate surface area is 113 Å².